The van der Waals surface area contributed by atoms with Crippen molar-refractivity contribution in [2.75, 3.05) is 6.54 Å². The zero-order valence-corrected chi connectivity index (χ0v) is 16.8. The molecule has 0 radical (unpaired) electrons. The van der Waals surface area contributed by atoms with Gasteiger partial charge in [0, 0.05) is 18.7 Å². The standard InChI is InChI=1S/C20H22N2O6S/c1-15-6-4-5-13-21(15)29(26,27)18-11-9-16(10-12-18)20(23)28-14-17-7-2-3-8-19(17)22(24)25/h2-3,7-12,15H,4-6,13-14H2,1H3/t15-/m0/s1. The Morgan fingerprint density at radius 3 is 2.52 bits per heavy atom. The van der Waals surface area contributed by atoms with Gasteiger partial charge in [0.25, 0.3) is 5.69 Å². The number of piperidine rings is 1. The predicted molar refractivity (Wildman–Crippen MR) is 106 cm³/mol. The number of carbonyl (C=O) groups excluding carboxylic acids is 1. The monoisotopic (exact) mass is 418 g/mol. The van der Waals surface area contributed by atoms with Crippen molar-refractivity contribution in [3.05, 3.63) is 69.8 Å². The smallest absolute Gasteiger partial charge is 0.338 e. The SMILES string of the molecule is C[C@H]1CCCCN1S(=O)(=O)c1ccc(C(=O)OCc2ccccc2[N+](=O)[O-])cc1. The van der Waals surface area contributed by atoms with Crippen LogP contribution in [0.15, 0.2) is 53.4 Å². The Labute approximate surface area is 169 Å². The number of benzene rings is 2. The van der Waals surface area contributed by atoms with E-state index in [1.165, 1.54) is 46.8 Å². The maximum Gasteiger partial charge on any atom is 0.338 e. The first-order valence-electron chi connectivity index (χ1n) is 9.32. The maximum atomic E-state index is 12.8. The number of para-hydroxylation sites is 1. The van der Waals surface area contributed by atoms with Gasteiger partial charge in [-0.25, -0.2) is 13.2 Å². The summed E-state index contributed by atoms with van der Waals surface area (Å²) in [6.07, 6.45) is 2.67. The molecule has 1 aliphatic heterocycles. The molecule has 0 aromatic heterocycles. The fourth-order valence-electron chi connectivity index (χ4n) is 3.36. The van der Waals surface area contributed by atoms with E-state index in [9.17, 15) is 23.3 Å². The molecule has 0 spiro atoms. The Morgan fingerprint density at radius 1 is 1.17 bits per heavy atom. The van der Waals surface area contributed by atoms with Crippen molar-refractivity contribution in [2.45, 2.75) is 43.7 Å². The molecule has 0 amide bonds. The number of hydrogen-bond acceptors (Lipinski definition) is 6. The first kappa shape index (κ1) is 20.9. The van der Waals surface area contributed by atoms with Crippen molar-refractivity contribution in [3.8, 4) is 0 Å². The van der Waals surface area contributed by atoms with E-state index in [1.54, 1.807) is 6.07 Å². The van der Waals surface area contributed by atoms with Crippen LogP contribution >= 0.6 is 0 Å². The Bertz CT molecular complexity index is 1000. The molecule has 2 aromatic carbocycles. The molecule has 3 rings (SSSR count). The molecule has 0 N–H and O–H groups in total. The molecule has 1 atom stereocenters. The summed E-state index contributed by atoms with van der Waals surface area (Å²) in [5.74, 6) is -0.682. The molecule has 9 heteroatoms. The molecule has 1 heterocycles. The fraction of sp³-hybridized carbons (Fsp3) is 0.350. The van der Waals surface area contributed by atoms with Gasteiger partial charge in [0.1, 0.15) is 6.61 Å². The van der Waals surface area contributed by atoms with Crippen molar-refractivity contribution in [1.29, 1.82) is 0 Å². The summed E-state index contributed by atoms with van der Waals surface area (Å²) in [6.45, 7) is 2.13. The van der Waals surface area contributed by atoms with Gasteiger partial charge in [0.05, 0.1) is 20.9 Å². The Morgan fingerprint density at radius 2 is 1.86 bits per heavy atom. The molecule has 1 aliphatic rings. The van der Waals surface area contributed by atoms with Crippen molar-refractivity contribution >= 4 is 21.7 Å². The minimum atomic E-state index is -3.62. The van der Waals surface area contributed by atoms with Crippen molar-refractivity contribution in [1.82, 2.24) is 4.31 Å². The normalized spacial score (nSPS) is 17.6. The summed E-state index contributed by atoms with van der Waals surface area (Å²) < 4.78 is 32.3. The lowest BCUT2D eigenvalue weighted by Crippen LogP contribution is -2.41. The van der Waals surface area contributed by atoms with Crippen LogP contribution in [0, 0.1) is 10.1 Å². The van der Waals surface area contributed by atoms with Gasteiger partial charge in [0.2, 0.25) is 10.0 Å². The minimum Gasteiger partial charge on any atom is -0.457 e. The van der Waals surface area contributed by atoms with E-state index in [4.69, 9.17) is 4.74 Å². The van der Waals surface area contributed by atoms with Crippen LogP contribution in [0.2, 0.25) is 0 Å². The molecule has 0 saturated carbocycles. The Kier molecular flexibility index (Phi) is 6.29. The second-order valence-corrected chi connectivity index (χ2v) is 8.84. The lowest BCUT2D eigenvalue weighted by Gasteiger charge is -2.32. The summed E-state index contributed by atoms with van der Waals surface area (Å²) in [7, 11) is -3.62. The van der Waals surface area contributed by atoms with Gasteiger partial charge in [-0.3, -0.25) is 10.1 Å². The molecule has 1 saturated heterocycles. The van der Waals surface area contributed by atoms with Gasteiger partial charge >= 0.3 is 5.97 Å². The van der Waals surface area contributed by atoms with Crippen LogP contribution in [0.25, 0.3) is 0 Å². The fourth-order valence-corrected chi connectivity index (χ4v) is 5.06. The molecular formula is C20H22N2O6S. The number of nitrogens with zero attached hydrogens (tertiary/aromatic N) is 2. The quantitative estimate of drug-likeness (QED) is 0.404. The molecule has 154 valence electrons. The van der Waals surface area contributed by atoms with Gasteiger partial charge in [-0.15, -0.1) is 0 Å². The summed E-state index contributed by atoms with van der Waals surface area (Å²) in [4.78, 5) is 22.9. The van der Waals surface area contributed by atoms with Crippen LogP contribution in [-0.4, -0.2) is 36.2 Å². The largest absolute Gasteiger partial charge is 0.457 e. The highest BCUT2D eigenvalue weighted by molar-refractivity contribution is 7.89. The van der Waals surface area contributed by atoms with Gasteiger partial charge in [-0.2, -0.15) is 4.31 Å². The van der Waals surface area contributed by atoms with E-state index in [0.29, 0.717) is 6.54 Å². The van der Waals surface area contributed by atoms with E-state index in [0.717, 1.165) is 19.3 Å². The Balaban J connectivity index is 1.70. The number of sulfonamides is 1. The molecule has 29 heavy (non-hydrogen) atoms. The number of nitro groups is 1. The van der Waals surface area contributed by atoms with E-state index < -0.39 is 20.9 Å². The number of carbonyl (C=O) groups is 1. The summed E-state index contributed by atoms with van der Waals surface area (Å²) in [6, 6.07) is 11.5. The maximum absolute atomic E-state index is 12.8. The number of esters is 1. The van der Waals surface area contributed by atoms with E-state index in [-0.39, 0.29) is 34.4 Å². The number of rotatable bonds is 6. The highest BCUT2D eigenvalue weighted by atomic mass is 32.2. The number of nitro benzene ring substituents is 1. The summed E-state index contributed by atoms with van der Waals surface area (Å²) >= 11 is 0. The zero-order chi connectivity index (χ0) is 21.0. The number of ether oxygens (including phenoxy) is 1. The van der Waals surface area contributed by atoms with Gasteiger partial charge in [-0.05, 0) is 50.1 Å². The van der Waals surface area contributed by atoms with Crippen LogP contribution < -0.4 is 0 Å². The molecular weight excluding hydrogens is 396 g/mol. The Hall–Kier alpha value is -2.78. The third kappa shape index (κ3) is 4.63. The second-order valence-electron chi connectivity index (χ2n) is 6.95. The molecule has 0 unspecified atom stereocenters. The first-order chi connectivity index (χ1) is 13.8. The number of hydrogen-bond donors (Lipinski definition) is 0. The van der Waals surface area contributed by atoms with Crippen molar-refractivity contribution in [2.24, 2.45) is 0 Å². The van der Waals surface area contributed by atoms with Gasteiger partial charge in [0.15, 0.2) is 0 Å². The lowest BCUT2D eigenvalue weighted by molar-refractivity contribution is -0.385. The van der Waals surface area contributed by atoms with Crippen LogP contribution in [0.5, 0.6) is 0 Å². The summed E-state index contributed by atoms with van der Waals surface area (Å²) in [5, 5.41) is 11.0. The van der Waals surface area contributed by atoms with Gasteiger partial charge < -0.3 is 4.74 Å². The third-order valence-corrected chi connectivity index (χ3v) is 7.01. The highest BCUT2D eigenvalue weighted by Gasteiger charge is 2.31. The summed E-state index contributed by atoms with van der Waals surface area (Å²) in [5.41, 5.74) is 0.329. The van der Waals surface area contributed by atoms with Crippen LogP contribution in [-0.2, 0) is 21.4 Å². The molecule has 8 nitrogen and oxygen atoms in total. The highest BCUT2D eigenvalue weighted by Crippen LogP contribution is 2.25. The van der Waals surface area contributed by atoms with Gasteiger partial charge in [-0.1, -0.05) is 18.6 Å². The van der Waals surface area contributed by atoms with Crippen molar-refractivity contribution < 1.29 is 22.9 Å². The van der Waals surface area contributed by atoms with E-state index in [1.807, 2.05) is 6.92 Å². The second kappa shape index (κ2) is 8.71. The predicted octanol–water partition coefficient (Wildman–Crippen LogP) is 3.51. The van der Waals surface area contributed by atoms with E-state index in [2.05, 4.69) is 0 Å². The van der Waals surface area contributed by atoms with Crippen LogP contribution in [0.1, 0.15) is 42.1 Å². The van der Waals surface area contributed by atoms with E-state index >= 15 is 0 Å². The van der Waals surface area contributed by atoms with Crippen molar-refractivity contribution in [3.63, 3.8) is 0 Å². The average molecular weight is 418 g/mol. The zero-order valence-electron chi connectivity index (χ0n) is 16.0. The van der Waals surface area contributed by atoms with Crippen LogP contribution in [0.4, 0.5) is 5.69 Å². The average Bonchev–Trinajstić information content (AvgIpc) is 2.72. The molecule has 0 bridgehead atoms. The lowest BCUT2D eigenvalue weighted by atomic mass is 10.1. The first-order valence-corrected chi connectivity index (χ1v) is 10.8. The molecule has 2 aromatic rings. The molecule has 1 fully saturated rings. The van der Waals surface area contributed by atoms with Crippen LogP contribution in [0.3, 0.4) is 0 Å². The third-order valence-electron chi connectivity index (χ3n) is 4.99. The topological polar surface area (TPSA) is 107 Å². The minimum absolute atomic E-state index is 0.0555. The molecule has 0 aliphatic carbocycles.